The summed E-state index contributed by atoms with van der Waals surface area (Å²) in [7, 11) is -1.77. The molecule has 102 valence electrons. The van der Waals surface area contributed by atoms with Crippen molar-refractivity contribution in [3.05, 3.63) is 29.6 Å². The van der Waals surface area contributed by atoms with E-state index in [0.29, 0.717) is 25.2 Å². The predicted molar refractivity (Wildman–Crippen MR) is 69.5 cm³/mol. The number of likely N-dealkylation sites (N-methyl/N-ethyl adjacent to an activating group) is 2. The van der Waals surface area contributed by atoms with Gasteiger partial charge in [-0.25, -0.2) is 12.8 Å². The molecule has 0 unspecified atom stereocenters. The second-order valence-electron chi connectivity index (χ2n) is 4.01. The van der Waals surface area contributed by atoms with Crippen LogP contribution in [0.2, 0.25) is 0 Å². The van der Waals surface area contributed by atoms with Crippen molar-refractivity contribution in [3.63, 3.8) is 0 Å². The molecule has 1 N–H and O–H groups in total. The zero-order valence-corrected chi connectivity index (χ0v) is 11.7. The average molecular weight is 274 g/mol. The maximum atomic E-state index is 13.2. The van der Waals surface area contributed by atoms with Crippen molar-refractivity contribution in [2.45, 2.75) is 18.7 Å². The lowest BCUT2D eigenvalue weighted by Gasteiger charge is -2.20. The van der Waals surface area contributed by atoms with Gasteiger partial charge in [0.2, 0.25) is 10.0 Å². The number of benzene rings is 1. The summed E-state index contributed by atoms with van der Waals surface area (Å²) >= 11 is 0. The average Bonchev–Trinajstić information content (AvgIpc) is 2.33. The first-order valence-corrected chi connectivity index (χ1v) is 7.28. The minimum absolute atomic E-state index is 0.138. The van der Waals surface area contributed by atoms with Crippen LogP contribution in [0, 0.1) is 12.7 Å². The molecular weight excluding hydrogens is 255 g/mol. The molecule has 0 aliphatic rings. The van der Waals surface area contributed by atoms with Gasteiger partial charge >= 0.3 is 0 Å². The zero-order valence-electron chi connectivity index (χ0n) is 10.9. The summed E-state index contributed by atoms with van der Waals surface area (Å²) in [5, 5.41) is 2.91. The predicted octanol–water partition coefficient (Wildman–Crippen LogP) is 1.36. The number of hydrogen-bond acceptors (Lipinski definition) is 3. The third-order valence-electron chi connectivity index (χ3n) is 2.73. The highest BCUT2D eigenvalue weighted by Gasteiger charge is 2.22. The second kappa shape index (κ2) is 6.26. The summed E-state index contributed by atoms with van der Waals surface area (Å²) < 4.78 is 39.1. The van der Waals surface area contributed by atoms with Crippen LogP contribution in [0.5, 0.6) is 0 Å². The Morgan fingerprint density at radius 3 is 2.56 bits per heavy atom. The highest BCUT2D eigenvalue weighted by molar-refractivity contribution is 7.89. The first kappa shape index (κ1) is 15.1. The molecule has 0 amide bonds. The van der Waals surface area contributed by atoms with Crippen LogP contribution in [-0.4, -0.2) is 39.4 Å². The smallest absolute Gasteiger partial charge is 0.243 e. The third-order valence-corrected chi connectivity index (χ3v) is 4.70. The lowest BCUT2D eigenvalue weighted by molar-refractivity contribution is 0.425. The van der Waals surface area contributed by atoms with E-state index >= 15 is 0 Å². The maximum Gasteiger partial charge on any atom is 0.243 e. The van der Waals surface area contributed by atoms with Crippen molar-refractivity contribution in [1.29, 1.82) is 0 Å². The van der Waals surface area contributed by atoms with Crippen LogP contribution in [0.3, 0.4) is 0 Å². The van der Waals surface area contributed by atoms with Crippen LogP contribution in [0.25, 0.3) is 0 Å². The van der Waals surface area contributed by atoms with Crippen molar-refractivity contribution >= 4 is 10.0 Å². The van der Waals surface area contributed by atoms with Gasteiger partial charge in [-0.15, -0.1) is 0 Å². The van der Waals surface area contributed by atoms with E-state index in [0.717, 1.165) is 0 Å². The van der Waals surface area contributed by atoms with Crippen molar-refractivity contribution in [2.24, 2.45) is 0 Å². The highest BCUT2D eigenvalue weighted by atomic mass is 32.2. The van der Waals surface area contributed by atoms with Crippen molar-refractivity contribution in [2.75, 3.05) is 26.7 Å². The van der Waals surface area contributed by atoms with Gasteiger partial charge in [-0.2, -0.15) is 4.31 Å². The van der Waals surface area contributed by atoms with E-state index in [9.17, 15) is 12.8 Å². The Bertz CT molecular complexity index is 503. The summed E-state index contributed by atoms with van der Waals surface area (Å²) in [5.74, 6) is -0.396. The molecule has 0 saturated heterocycles. The van der Waals surface area contributed by atoms with Gasteiger partial charge in [0.25, 0.3) is 0 Å². The zero-order chi connectivity index (χ0) is 13.8. The van der Waals surface area contributed by atoms with Crippen LogP contribution in [0.4, 0.5) is 4.39 Å². The Labute approximate surface area is 108 Å². The SMILES string of the molecule is CCN(CCNC)S(=O)(=O)c1ccc(F)c(C)c1. The second-order valence-corrected chi connectivity index (χ2v) is 5.95. The molecule has 0 fully saturated rings. The number of rotatable bonds is 6. The van der Waals surface area contributed by atoms with Crippen LogP contribution in [-0.2, 0) is 10.0 Å². The Morgan fingerprint density at radius 1 is 1.39 bits per heavy atom. The molecule has 0 aliphatic heterocycles. The van der Waals surface area contributed by atoms with Gasteiger partial charge in [0, 0.05) is 19.6 Å². The number of nitrogens with one attached hydrogen (secondary N) is 1. The summed E-state index contributed by atoms with van der Waals surface area (Å²) in [6, 6.07) is 3.86. The molecule has 1 aromatic rings. The Balaban J connectivity index is 3.06. The molecule has 0 saturated carbocycles. The van der Waals surface area contributed by atoms with Crippen LogP contribution < -0.4 is 5.32 Å². The fourth-order valence-corrected chi connectivity index (χ4v) is 3.15. The van der Waals surface area contributed by atoms with Gasteiger partial charge in [0.05, 0.1) is 4.90 Å². The van der Waals surface area contributed by atoms with Crippen LogP contribution in [0.1, 0.15) is 12.5 Å². The minimum Gasteiger partial charge on any atom is -0.318 e. The number of halogens is 1. The summed E-state index contributed by atoms with van der Waals surface area (Å²) in [4.78, 5) is 0.138. The molecule has 0 radical (unpaired) electrons. The van der Waals surface area contributed by atoms with Gasteiger partial charge < -0.3 is 5.32 Å². The lowest BCUT2D eigenvalue weighted by Crippen LogP contribution is -2.36. The first-order chi connectivity index (χ1) is 8.43. The molecule has 6 heteroatoms. The van der Waals surface area contributed by atoms with Gasteiger partial charge in [0.1, 0.15) is 5.82 Å². The van der Waals surface area contributed by atoms with E-state index in [-0.39, 0.29) is 4.90 Å². The normalized spacial score (nSPS) is 12.1. The maximum absolute atomic E-state index is 13.2. The highest BCUT2D eigenvalue weighted by Crippen LogP contribution is 2.18. The molecule has 18 heavy (non-hydrogen) atoms. The van der Waals surface area contributed by atoms with Gasteiger partial charge in [-0.3, -0.25) is 0 Å². The molecule has 0 aliphatic carbocycles. The van der Waals surface area contributed by atoms with E-state index in [1.165, 1.54) is 22.5 Å². The summed E-state index contributed by atoms with van der Waals surface area (Å²) in [6.45, 7) is 4.70. The quantitative estimate of drug-likeness (QED) is 0.852. The Hall–Kier alpha value is -0.980. The van der Waals surface area contributed by atoms with Gasteiger partial charge in [-0.1, -0.05) is 6.92 Å². The van der Waals surface area contributed by atoms with E-state index < -0.39 is 15.8 Å². The van der Waals surface area contributed by atoms with Crippen LogP contribution in [0.15, 0.2) is 23.1 Å². The monoisotopic (exact) mass is 274 g/mol. The topological polar surface area (TPSA) is 49.4 Å². The molecular formula is C12H19FN2O2S. The Kier molecular flexibility index (Phi) is 5.25. The summed E-state index contributed by atoms with van der Waals surface area (Å²) in [6.07, 6.45) is 0. The van der Waals surface area contributed by atoms with Gasteiger partial charge in [-0.05, 0) is 37.7 Å². The van der Waals surface area contributed by atoms with E-state index in [1.807, 2.05) is 0 Å². The fraction of sp³-hybridized carbons (Fsp3) is 0.500. The van der Waals surface area contributed by atoms with E-state index in [2.05, 4.69) is 5.32 Å². The molecule has 1 aromatic carbocycles. The molecule has 0 aromatic heterocycles. The Morgan fingerprint density at radius 2 is 2.06 bits per heavy atom. The van der Waals surface area contributed by atoms with Crippen molar-refractivity contribution < 1.29 is 12.8 Å². The molecule has 0 heterocycles. The molecule has 0 spiro atoms. The molecule has 1 rings (SSSR count). The molecule has 0 bridgehead atoms. The first-order valence-electron chi connectivity index (χ1n) is 5.84. The third kappa shape index (κ3) is 3.28. The van der Waals surface area contributed by atoms with E-state index in [4.69, 9.17) is 0 Å². The minimum atomic E-state index is -3.54. The molecule has 0 atom stereocenters. The van der Waals surface area contributed by atoms with Crippen molar-refractivity contribution in [3.8, 4) is 0 Å². The van der Waals surface area contributed by atoms with E-state index in [1.54, 1.807) is 20.9 Å². The number of sulfonamides is 1. The number of nitrogens with zero attached hydrogens (tertiary/aromatic N) is 1. The number of hydrogen-bond donors (Lipinski definition) is 1. The lowest BCUT2D eigenvalue weighted by atomic mass is 10.2. The molecule has 4 nitrogen and oxygen atoms in total. The standard InChI is InChI=1S/C12H19FN2O2S/c1-4-15(8-7-14-3)18(16,17)11-5-6-12(13)10(2)9-11/h5-6,9,14H,4,7-8H2,1-3H3. The fourth-order valence-electron chi connectivity index (χ4n) is 1.61. The largest absolute Gasteiger partial charge is 0.318 e. The van der Waals surface area contributed by atoms with Gasteiger partial charge in [0.15, 0.2) is 0 Å². The summed E-state index contributed by atoms with van der Waals surface area (Å²) in [5.41, 5.74) is 0.334. The number of aryl methyl sites for hydroxylation is 1. The van der Waals surface area contributed by atoms with Crippen LogP contribution >= 0.6 is 0 Å². The van der Waals surface area contributed by atoms with Crippen molar-refractivity contribution in [1.82, 2.24) is 9.62 Å².